The van der Waals surface area contributed by atoms with Crippen molar-refractivity contribution in [1.82, 2.24) is 0 Å². The van der Waals surface area contributed by atoms with Crippen LogP contribution in [0, 0.1) is 6.92 Å². The third kappa shape index (κ3) is 5.41. The summed E-state index contributed by atoms with van der Waals surface area (Å²) in [5.74, 6) is -0.321. The number of anilines is 1. The highest BCUT2D eigenvalue weighted by molar-refractivity contribution is 9.10. The standard InChI is InChI=1S/C22H19BrClNO4S/c1-3-28-22(27)20-17(14-4-6-15(23)7-5-14)12-30-21(20)25-19(26)11-29-16-8-9-18(24)13(2)10-16/h4-10,12H,3,11H2,1-2H3,(H,25,26). The highest BCUT2D eigenvalue weighted by Crippen LogP contribution is 2.36. The average Bonchev–Trinajstić information content (AvgIpc) is 3.13. The van der Waals surface area contributed by atoms with Crippen molar-refractivity contribution in [3.05, 3.63) is 68.5 Å². The lowest BCUT2D eigenvalue weighted by atomic mass is 10.0. The molecule has 0 aliphatic heterocycles. The second-order valence-electron chi connectivity index (χ2n) is 6.33. The molecule has 156 valence electrons. The lowest BCUT2D eigenvalue weighted by molar-refractivity contribution is -0.118. The molecular formula is C22H19BrClNO4S. The third-order valence-corrected chi connectivity index (χ3v) is 6.03. The molecule has 5 nitrogen and oxygen atoms in total. The quantitative estimate of drug-likeness (QED) is 0.379. The lowest BCUT2D eigenvalue weighted by Crippen LogP contribution is -2.21. The van der Waals surface area contributed by atoms with Crippen LogP contribution in [-0.2, 0) is 9.53 Å². The predicted molar refractivity (Wildman–Crippen MR) is 124 cm³/mol. The van der Waals surface area contributed by atoms with Crippen molar-refractivity contribution in [3.8, 4) is 16.9 Å². The van der Waals surface area contributed by atoms with Crippen LogP contribution in [0.5, 0.6) is 5.75 Å². The van der Waals surface area contributed by atoms with Crippen LogP contribution >= 0.6 is 38.9 Å². The van der Waals surface area contributed by atoms with E-state index >= 15 is 0 Å². The van der Waals surface area contributed by atoms with Crippen molar-refractivity contribution in [2.45, 2.75) is 13.8 Å². The first-order valence-corrected chi connectivity index (χ1v) is 11.2. The molecule has 0 fully saturated rings. The van der Waals surface area contributed by atoms with Crippen molar-refractivity contribution in [3.63, 3.8) is 0 Å². The SMILES string of the molecule is CCOC(=O)c1c(-c2ccc(Br)cc2)csc1NC(=O)COc1ccc(Cl)c(C)c1. The van der Waals surface area contributed by atoms with E-state index < -0.39 is 5.97 Å². The van der Waals surface area contributed by atoms with E-state index in [0.717, 1.165) is 15.6 Å². The molecule has 0 atom stereocenters. The third-order valence-electron chi connectivity index (χ3n) is 4.18. The van der Waals surface area contributed by atoms with Crippen LogP contribution in [-0.4, -0.2) is 25.1 Å². The van der Waals surface area contributed by atoms with Gasteiger partial charge in [-0.1, -0.05) is 39.7 Å². The molecule has 30 heavy (non-hydrogen) atoms. The maximum absolute atomic E-state index is 12.6. The lowest BCUT2D eigenvalue weighted by Gasteiger charge is -2.10. The van der Waals surface area contributed by atoms with Crippen LogP contribution in [0.1, 0.15) is 22.8 Å². The van der Waals surface area contributed by atoms with Gasteiger partial charge in [-0.2, -0.15) is 0 Å². The predicted octanol–water partition coefficient (Wildman–Crippen LogP) is 6.33. The number of hydrogen-bond donors (Lipinski definition) is 1. The van der Waals surface area contributed by atoms with Crippen molar-refractivity contribution < 1.29 is 19.1 Å². The molecule has 1 aromatic heterocycles. The molecular weight excluding hydrogens is 490 g/mol. The summed E-state index contributed by atoms with van der Waals surface area (Å²) in [5, 5.41) is 5.65. The highest BCUT2D eigenvalue weighted by Gasteiger charge is 2.23. The molecule has 3 aromatic rings. The normalized spacial score (nSPS) is 10.5. The molecule has 1 N–H and O–H groups in total. The molecule has 2 aromatic carbocycles. The fourth-order valence-corrected chi connectivity index (χ4v) is 4.07. The van der Waals surface area contributed by atoms with E-state index in [-0.39, 0.29) is 19.1 Å². The Kier molecular flexibility index (Phi) is 7.53. The fourth-order valence-electron chi connectivity index (χ4n) is 2.72. The zero-order valence-corrected chi connectivity index (χ0v) is 19.5. The maximum Gasteiger partial charge on any atom is 0.341 e. The average molecular weight is 509 g/mol. The summed E-state index contributed by atoms with van der Waals surface area (Å²) in [4.78, 5) is 25.0. The Labute approximate surface area is 192 Å². The minimum absolute atomic E-state index is 0.200. The Hall–Kier alpha value is -2.35. The molecule has 0 unspecified atom stereocenters. The molecule has 0 aliphatic rings. The molecule has 0 saturated heterocycles. The number of rotatable bonds is 7. The van der Waals surface area contributed by atoms with Crippen molar-refractivity contribution in [2.75, 3.05) is 18.5 Å². The minimum Gasteiger partial charge on any atom is -0.484 e. The van der Waals surface area contributed by atoms with E-state index in [9.17, 15) is 9.59 Å². The first-order valence-electron chi connectivity index (χ1n) is 9.12. The van der Waals surface area contributed by atoms with Crippen molar-refractivity contribution in [2.24, 2.45) is 0 Å². The number of amides is 1. The van der Waals surface area contributed by atoms with Crippen LogP contribution in [0.25, 0.3) is 11.1 Å². The van der Waals surface area contributed by atoms with Crippen molar-refractivity contribution >= 4 is 55.7 Å². The number of ether oxygens (including phenoxy) is 2. The number of benzene rings is 2. The Morgan fingerprint density at radius 2 is 1.90 bits per heavy atom. The number of carbonyl (C=O) groups is 2. The molecule has 0 saturated carbocycles. The summed E-state index contributed by atoms with van der Waals surface area (Å²) in [6.45, 7) is 3.63. The summed E-state index contributed by atoms with van der Waals surface area (Å²) in [5.41, 5.74) is 2.75. The van der Waals surface area contributed by atoms with Gasteiger partial charge in [0.15, 0.2) is 6.61 Å². The minimum atomic E-state index is -0.485. The van der Waals surface area contributed by atoms with Gasteiger partial charge >= 0.3 is 5.97 Å². The number of aryl methyl sites for hydroxylation is 1. The van der Waals surface area contributed by atoms with Crippen LogP contribution < -0.4 is 10.1 Å². The van der Waals surface area contributed by atoms with Gasteiger partial charge in [0.1, 0.15) is 16.3 Å². The molecule has 1 amide bonds. The molecule has 0 bridgehead atoms. The zero-order chi connectivity index (χ0) is 21.7. The number of hydrogen-bond acceptors (Lipinski definition) is 5. The number of thiophene rings is 1. The van der Waals surface area contributed by atoms with Gasteiger partial charge in [0.05, 0.1) is 6.61 Å². The van der Waals surface area contributed by atoms with Crippen LogP contribution in [0.15, 0.2) is 52.3 Å². The summed E-state index contributed by atoms with van der Waals surface area (Å²) < 4.78 is 11.7. The van der Waals surface area contributed by atoms with Crippen LogP contribution in [0.3, 0.4) is 0 Å². The van der Waals surface area contributed by atoms with Gasteiger partial charge in [-0.05, 0) is 55.3 Å². The molecule has 8 heteroatoms. The second-order valence-corrected chi connectivity index (χ2v) is 8.53. The number of nitrogens with one attached hydrogen (secondary N) is 1. The van der Waals surface area contributed by atoms with Gasteiger partial charge in [-0.15, -0.1) is 11.3 Å². The van der Waals surface area contributed by atoms with E-state index in [1.807, 2.05) is 36.6 Å². The largest absolute Gasteiger partial charge is 0.484 e. The first-order chi connectivity index (χ1) is 14.4. The number of carbonyl (C=O) groups excluding carboxylic acids is 2. The monoisotopic (exact) mass is 507 g/mol. The molecule has 0 radical (unpaired) electrons. The number of halogens is 2. The highest BCUT2D eigenvalue weighted by atomic mass is 79.9. The van der Waals surface area contributed by atoms with Crippen LogP contribution in [0.4, 0.5) is 5.00 Å². The molecule has 3 rings (SSSR count). The summed E-state index contributed by atoms with van der Waals surface area (Å²) >= 11 is 10.7. The Bertz CT molecular complexity index is 1070. The van der Waals surface area contributed by atoms with Crippen LogP contribution in [0.2, 0.25) is 5.02 Å². The molecule has 0 spiro atoms. The second kappa shape index (κ2) is 10.1. The van der Waals surface area contributed by atoms with Gasteiger partial charge in [0.2, 0.25) is 0 Å². The summed E-state index contributed by atoms with van der Waals surface area (Å²) in [6, 6.07) is 12.7. The fraction of sp³-hybridized carbons (Fsp3) is 0.182. The number of esters is 1. The molecule has 1 heterocycles. The van der Waals surface area contributed by atoms with Gasteiger partial charge in [0.25, 0.3) is 5.91 Å². The smallest absolute Gasteiger partial charge is 0.341 e. The summed E-state index contributed by atoms with van der Waals surface area (Å²) in [7, 11) is 0. The Morgan fingerprint density at radius 3 is 2.57 bits per heavy atom. The van der Waals surface area contributed by atoms with Gasteiger partial charge in [-0.3, -0.25) is 4.79 Å². The Balaban J connectivity index is 1.78. The van der Waals surface area contributed by atoms with E-state index in [0.29, 0.717) is 26.9 Å². The van der Waals surface area contributed by atoms with Gasteiger partial charge in [0, 0.05) is 20.4 Å². The Morgan fingerprint density at radius 1 is 1.17 bits per heavy atom. The maximum atomic E-state index is 12.6. The summed E-state index contributed by atoms with van der Waals surface area (Å²) in [6.07, 6.45) is 0. The van der Waals surface area contributed by atoms with E-state index in [1.165, 1.54) is 11.3 Å². The van der Waals surface area contributed by atoms with Gasteiger partial charge < -0.3 is 14.8 Å². The van der Waals surface area contributed by atoms with Crippen molar-refractivity contribution in [1.29, 1.82) is 0 Å². The van der Waals surface area contributed by atoms with E-state index in [1.54, 1.807) is 25.1 Å². The molecule has 0 aliphatic carbocycles. The van der Waals surface area contributed by atoms with E-state index in [4.69, 9.17) is 21.1 Å². The first kappa shape index (κ1) is 22.3. The topological polar surface area (TPSA) is 64.6 Å². The van der Waals surface area contributed by atoms with E-state index in [2.05, 4.69) is 21.2 Å². The zero-order valence-electron chi connectivity index (χ0n) is 16.3. The van der Waals surface area contributed by atoms with Gasteiger partial charge in [-0.25, -0.2) is 4.79 Å².